The summed E-state index contributed by atoms with van der Waals surface area (Å²) in [6.07, 6.45) is 2.86. The molecule has 2 unspecified atom stereocenters. The first-order valence-electron chi connectivity index (χ1n) is 3.74. The first-order valence-corrected chi connectivity index (χ1v) is 3.74. The second kappa shape index (κ2) is 1.94. The standard InChI is InChI=1S/C7H12FN/c8-6-3-7(9-4-6)5-1-2-5/h5-7,9H,1-4H2. The minimum absolute atomic E-state index is 0.528. The summed E-state index contributed by atoms with van der Waals surface area (Å²) in [5, 5.41) is 3.19. The summed E-state index contributed by atoms with van der Waals surface area (Å²) >= 11 is 0. The number of alkyl halides is 1. The average Bonchev–Trinajstić information content (AvgIpc) is 2.58. The smallest absolute Gasteiger partial charge is 0.114 e. The van der Waals surface area contributed by atoms with Crippen molar-refractivity contribution in [2.45, 2.75) is 31.5 Å². The van der Waals surface area contributed by atoms with Crippen LogP contribution in [-0.4, -0.2) is 18.8 Å². The molecule has 2 rings (SSSR count). The zero-order valence-electron chi connectivity index (χ0n) is 5.44. The fraction of sp³-hybridized carbons (Fsp3) is 1.00. The fourth-order valence-electron chi connectivity index (χ4n) is 1.58. The SMILES string of the molecule is FC1CNC(C2CC2)C1. The molecule has 2 atom stereocenters. The Labute approximate surface area is 54.6 Å². The molecule has 1 saturated heterocycles. The van der Waals surface area contributed by atoms with Crippen LogP contribution in [0.15, 0.2) is 0 Å². The molecule has 0 aromatic carbocycles. The number of hydrogen-bond donors (Lipinski definition) is 1. The third-order valence-corrected chi connectivity index (χ3v) is 2.30. The van der Waals surface area contributed by atoms with Crippen LogP contribution in [0, 0.1) is 5.92 Å². The van der Waals surface area contributed by atoms with Gasteiger partial charge in [-0.3, -0.25) is 0 Å². The lowest BCUT2D eigenvalue weighted by molar-refractivity contribution is 0.352. The molecule has 1 heterocycles. The minimum atomic E-state index is -0.560. The molecular formula is C7H12FN. The highest BCUT2D eigenvalue weighted by molar-refractivity contribution is 4.92. The highest BCUT2D eigenvalue weighted by Crippen LogP contribution is 2.36. The lowest BCUT2D eigenvalue weighted by atomic mass is 10.1. The topological polar surface area (TPSA) is 12.0 Å². The Balaban J connectivity index is 1.86. The van der Waals surface area contributed by atoms with E-state index >= 15 is 0 Å². The average molecular weight is 129 g/mol. The summed E-state index contributed by atoms with van der Waals surface area (Å²) in [5.74, 6) is 0.825. The van der Waals surface area contributed by atoms with Gasteiger partial charge in [-0.05, 0) is 25.2 Å². The molecule has 2 fully saturated rings. The maximum absolute atomic E-state index is 12.5. The quantitative estimate of drug-likeness (QED) is 0.559. The van der Waals surface area contributed by atoms with Crippen LogP contribution in [0.5, 0.6) is 0 Å². The van der Waals surface area contributed by atoms with Gasteiger partial charge in [0.05, 0.1) is 0 Å². The molecule has 1 nitrogen and oxygen atoms in total. The lowest BCUT2D eigenvalue weighted by Gasteiger charge is -2.04. The fourth-order valence-corrected chi connectivity index (χ4v) is 1.58. The van der Waals surface area contributed by atoms with Crippen LogP contribution in [0.2, 0.25) is 0 Å². The van der Waals surface area contributed by atoms with E-state index in [1.807, 2.05) is 0 Å². The molecule has 1 saturated carbocycles. The van der Waals surface area contributed by atoms with E-state index in [1.54, 1.807) is 0 Å². The summed E-state index contributed by atoms with van der Waals surface area (Å²) in [5.41, 5.74) is 0. The van der Waals surface area contributed by atoms with Crippen molar-refractivity contribution in [2.75, 3.05) is 6.54 Å². The third-order valence-electron chi connectivity index (χ3n) is 2.30. The van der Waals surface area contributed by atoms with Gasteiger partial charge in [-0.15, -0.1) is 0 Å². The van der Waals surface area contributed by atoms with Crippen molar-refractivity contribution in [1.29, 1.82) is 0 Å². The van der Waals surface area contributed by atoms with E-state index in [1.165, 1.54) is 12.8 Å². The molecule has 52 valence electrons. The van der Waals surface area contributed by atoms with Crippen LogP contribution in [0.4, 0.5) is 4.39 Å². The van der Waals surface area contributed by atoms with Crippen molar-refractivity contribution in [3.05, 3.63) is 0 Å². The van der Waals surface area contributed by atoms with Crippen molar-refractivity contribution in [2.24, 2.45) is 5.92 Å². The maximum atomic E-state index is 12.5. The van der Waals surface area contributed by atoms with Gasteiger partial charge < -0.3 is 5.32 Å². The molecule has 0 aromatic rings. The van der Waals surface area contributed by atoms with Gasteiger partial charge in [-0.25, -0.2) is 4.39 Å². The van der Waals surface area contributed by atoms with Crippen molar-refractivity contribution in [3.8, 4) is 0 Å². The minimum Gasteiger partial charge on any atom is -0.311 e. The van der Waals surface area contributed by atoms with E-state index in [0.29, 0.717) is 12.6 Å². The zero-order chi connectivity index (χ0) is 6.27. The van der Waals surface area contributed by atoms with Gasteiger partial charge in [0.25, 0.3) is 0 Å². The summed E-state index contributed by atoms with van der Waals surface area (Å²) in [7, 11) is 0. The molecule has 0 spiro atoms. The molecule has 2 heteroatoms. The molecule has 0 amide bonds. The van der Waals surface area contributed by atoms with Gasteiger partial charge in [-0.2, -0.15) is 0 Å². The predicted molar refractivity (Wildman–Crippen MR) is 34.0 cm³/mol. The number of halogens is 1. The summed E-state index contributed by atoms with van der Waals surface area (Å²) in [6, 6.07) is 0.528. The van der Waals surface area contributed by atoms with Crippen molar-refractivity contribution >= 4 is 0 Å². The van der Waals surface area contributed by atoms with Gasteiger partial charge in [0, 0.05) is 12.6 Å². The van der Waals surface area contributed by atoms with E-state index < -0.39 is 6.17 Å². The summed E-state index contributed by atoms with van der Waals surface area (Å²) in [4.78, 5) is 0. The third kappa shape index (κ3) is 1.08. The van der Waals surface area contributed by atoms with E-state index in [-0.39, 0.29) is 0 Å². The summed E-state index contributed by atoms with van der Waals surface area (Å²) in [6.45, 7) is 0.598. The Morgan fingerprint density at radius 1 is 1.33 bits per heavy atom. The molecule has 1 aliphatic carbocycles. The van der Waals surface area contributed by atoms with Crippen molar-refractivity contribution < 1.29 is 4.39 Å². The summed E-state index contributed by atoms with van der Waals surface area (Å²) < 4.78 is 12.5. The van der Waals surface area contributed by atoms with Crippen LogP contribution in [-0.2, 0) is 0 Å². The monoisotopic (exact) mass is 129 g/mol. The highest BCUT2D eigenvalue weighted by atomic mass is 19.1. The molecular weight excluding hydrogens is 117 g/mol. The van der Waals surface area contributed by atoms with Crippen LogP contribution in [0.1, 0.15) is 19.3 Å². The lowest BCUT2D eigenvalue weighted by Crippen LogP contribution is -2.23. The molecule has 2 aliphatic rings. The van der Waals surface area contributed by atoms with E-state index in [9.17, 15) is 4.39 Å². The Kier molecular flexibility index (Phi) is 1.22. The van der Waals surface area contributed by atoms with E-state index in [4.69, 9.17) is 0 Å². The van der Waals surface area contributed by atoms with Gasteiger partial charge >= 0.3 is 0 Å². The van der Waals surface area contributed by atoms with Crippen molar-refractivity contribution in [3.63, 3.8) is 0 Å². The van der Waals surface area contributed by atoms with Crippen LogP contribution >= 0.6 is 0 Å². The first-order chi connectivity index (χ1) is 4.36. The number of rotatable bonds is 1. The predicted octanol–water partition coefficient (Wildman–Crippen LogP) is 1.10. The Morgan fingerprint density at radius 2 is 2.11 bits per heavy atom. The van der Waals surface area contributed by atoms with Gasteiger partial charge in [0.15, 0.2) is 0 Å². The number of hydrogen-bond acceptors (Lipinski definition) is 1. The van der Waals surface area contributed by atoms with Gasteiger partial charge in [0.1, 0.15) is 6.17 Å². The zero-order valence-corrected chi connectivity index (χ0v) is 5.44. The first kappa shape index (κ1) is 5.66. The van der Waals surface area contributed by atoms with E-state index in [2.05, 4.69) is 5.32 Å². The van der Waals surface area contributed by atoms with Crippen LogP contribution < -0.4 is 5.32 Å². The molecule has 1 N–H and O–H groups in total. The van der Waals surface area contributed by atoms with Crippen LogP contribution in [0.25, 0.3) is 0 Å². The Bertz CT molecular complexity index is 111. The van der Waals surface area contributed by atoms with E-state index in [0.717, 1.165) is 12.3 Å². The molecule has 9 heavy (non-hydrogen) atoms. The van der Waals surface area contributed by atoms with Gasteiger partial charge in [-0.1, -0.05) is 0 Å². The molecule has 0 radical (unpaired) electrons. The van der Waals surface area contributed by atoms with Crippen LogP contribution in [0.3, 0.4) is 0 Å². The van der Waals surface area contributed by atoms with Crippen molar-refractivity contribution in [1.82, 2.24) is 5.32 Å². The number of nitrogens with one attached hydrogen (secondary N) is 1. The Hall–Kier alpha value is -0.110. The Morgan fingerprint density at radius 3 is 2.56 bits per heavy atom. The molecule has 0 aromatic heterocycles. The normalized spacial score (nSPS) is 43.7. The highest BCUT2D eigenvalue weighted by Gasteiger charge is 2.36. The second-order valence-electron chi connectivity index (χ2n) is 3.19. The molecule has 1 aliphatic heterocycles. The molecule has 0 bridgehead atoms. The second-order valence-corrected chi connectivity index (χ2v) is 3.19. The largest absolute Gasteiger partial charge is 0.311 e. The van der Waals surface area contributed by atoms with Gasteiger partial charge in [0.2, 0.25) is 0 Å². The maximum Gasteiger partial charge on any atom is 0.114 e.